The van der Waals surface area contributed by atoms with E-state index in [1.54, 1.807) is 0 Å². The van der Waals surface area contributed by atoms with E-state index in [1.165, 1.54) is 25.7 Å². The van der Waals surface area contributed by atoms with Crippen molar-refractivity contribution in [2.45, 2.75) is 52.4 Å². The molecule has 4 heteroatoms. The van der Waals surface area contributed by atoms with E-state index in [0.29, 0.717) is 11.3 Å². The molecule has 1 saturated carbocycles. The summed E-state index contributed by atoms with van der Waals surface area (Å²) in [4.78, 5) is 4.50. The minimum Gasteiger partial charge on any atom is -0.368 e. The summed E-state index contributed by atoms with van der Waals surface area (Å²) >= 11 is 0. The fourth-order valence-corrected chi connectivity index (χ4v) is 2.96. The van der Waals surface area contributed by atoms with Crippen LogP contribution < -0.4 is 5.32 Å². The Kier molecular flexibility index (Phi) is 3.40. The van der Waals surface area contributed by atoms with Crippen LogP contribution in [-0.2, 0) is 0 Å². The predicted octanol–water partition coefficient (Wildman–Crippen LogP) is 3.84. The molecule has 3 rings (SSSR count). The van der Waals surface area contributed by atoms with E-state index in [4.69, 9.17) is 0 Å². The summed E-state index contributed by atoms with van der Waals surface area (Å²) in [6, 6.07) is 2.15. The molecule has 2 heterocycles. The summed E-state index contributed by atoms with van der Waals surface area (Å²) in [6.45, 7) is 7.66. The lowest BCUT2D eigenvalue weighted by Gasteiger charge is -2.41. The van der Waals surface area contributed by atoms with Crippen LogP contribution >= 0.6 is 0 Å². The molecule has 1 fully saturated rings. The summed E-state index contributed by atoms with van der Waals surface area (Å²) < 4.78 is 1.93. The molecule has 2 aromatic heterocycles. The van der Waals surface area contributed by atoms with Crippen molar-refractivity contribution in [2.24, 2.45) is 5.41 Å². The topological polar surface area (TPSA) is 42.2 Å². The van der Waals surface area contributed by atoms with Gasteiger partial charge in [0.15, 0.2) is 5.82 Å². The van der Waals surface area contributed by atoms with E-state index in [2.05, 4.69) is 42.2 Å². The van der Waals surface area contributed by atoms with Gasteiger partial charge in [0.25, 0.3) is 0 Å². The number of aromatic nitrogens is 3. The standard InChI is InChI=1S/C16H24N4/c1-4-16(6-5-7-16)11-18-15-14-10-13(12(2)3)19-20(14)9-8-17-15/h8-10,12H,4-7,11H2,1-3H3,(H,17,18). The van der Waals surface area contributed by atoms with Gasteiger partial charge in [0.2, 0.25) is 0 Å². The largest absolute Gasteiger partial charge is 0.368 e. The quantitative estimate of drug-likeness (QED) is 0.899. The molecule has 0 amide bonds. The minimum absolute atomic E-state index is 0.441. The van der Waals surface area contributed by atoms with Gasteiger partial charge in [-0.15, -0.1) is 0 Å². The average molecular weight is 272 g/mol. The SMILES string of the molecule is CCC1(CNc2nccn3nc(C(C)C)cc23)CCC1. The molecule has 20 heavy (non-hydrogen) atoms. The first-order chi connectivity index (χ1) is 9.63. The third-order valence-corrected chi connectivity index (χ3v) is 4.80. The van der Waals surface area contributed by atoms with Gasteiger partial charge in [0.1, 0.15) is 5.52 Å². The van der Waals surface area contributed by atoms with Gasteiger partial charge in [-0.2, -0.15) is 5.10 Å². The van der Waals surface area contributed by atoms with Gasteiger partial charge in [-0.1, -0.05) is 27.2 Å². The van der Waals surface area contributed by atoms with Crippen LogP contribution in [0.15, 0.2) is 18.5 Å². The van der Waals surface area contributed by atoms with Crippen LogP contribution in [0.2, 0.25) is 0 Å². The second-order valence-electron chi connectivity index (χ2n) is 6.39. The molecule has 1 aliphatic rings. The van der Waals surface area contributed by atoms with E-state index < -0.39 is 0 Å². The molecule has 0 spiro atoms. The van der Waals surface area contributed by atoms with Crippen molar-refractivity contribution in [1.29, 1.82) is 0 Å². The minimum atomic E-state index is 0.441. The number of nitrogens with one attached hydrogen (secondary N) is 1. The van der Waals surface area contributed by atoms with Gasteiger partial charge in [0.05, 0.1) is 5.69 Å². The Labute approximate surface area is 120 Å². The highest BCUT2D eigenvalue weighted by atomic mass is 15.2. The van der Waals surface area contributed by atoms with E-state index in [-0.39, 0.29) is 0 Å². The molecule has 0 bridgehead atoms. The molecule has 1 aliphatic carbocycles. The van der Waals surface area contributed by atoms with Gasteiger partial charge in [-0.05, 0) is 36.7 Å². The molecule has 108 valence electrons. The second kappa shape index (κ2) is 5.08. The van der Waals surface area contributed by atoms with Crippen molar-refractivity contribution in [3.05, 3.63) is 24.2 Å². The maximum absolute atomic E-state index is 4.61. The number of fused-ring (bicyclic) bond motifs is 1. The maximum atomic E-state index is 4.61. The maximum Gasteiger partial charge on any atom is 0.152 e. The van der Waals surface area contributed by atoms with Gasteiger partial charge in [0, 0.05) is 18.9 Å². The molecule has 0 radical (unpaired) electrons. The second-order valence-corrected chi connectivity index (χ2v) is 6.39. The summed E-state index contributed by atoms with van der Waals surface area (Å²) in [5, 5.41) is 8.17. The van der Waals surface area contributed by atoms with Gasteiger partial charge in [-0.25, -0.2) is 9.50 Å². The normalized spacial score (nSPS) is 17.4. The van der Waals surface area contributed by atoms with Crippen molar-refractivity contribution in [2.75, 3.05) is 11.9 Å². The van der Waals surface area contributed by atoms with Gasteiger partial charge >= 0.3 is 0 Å². The van der Waals surface area contributed by atoms with Crippen molar-refractivity contribution in [3.63, 3.8) is 0 Å². The van der Waals surface area contributed by atoms with Gasteiger partial charge in [-0.3, -0.25) is 0 Å². The van der Waals surface area contributed by atoms with Crippen molar-refractivity contribution < 1.29 is 0 Å². The van der Waals surface area contributed by atoms with Crippen molar-refractivity contribution in [3.8, 4) is 0 Å². The van der Waals surface area contributed by atoms with Gasteiger partial charge < -0.3 is 5.32 Å². The number of anilines is 1. The predicted molar refractivity (Wildman–Crippen MR) is 82.1 cm³/mol. The highest BCUT2D eigenvalue weighted by Gasteiger charge is 2.34. The Balaban J connectivity index is 1.84. The summed E-state index contributed by atoms with van der Waals surface area (Å²) in [6.07, 6.45) is 9.06. The zero-order valence-corrected chi connectivity index (χ0v) is 12.7. The van der Waals surface area contributed by atoms with Crippen LogP contribution in [0.5, 0.6) is 0 Å². The fraction of sp³-hybridized carbons (Fsp3) is 0.625. The highest BCUT2D eigenvalue weighted by molar-refractivity contribution is 5.68. The zero-order chi connectivity index (χ0) is 14.2. The molecule has 0 aromatic carbocycles. The zero-order valence-electron chi connectivity index (χ0n) is 12.7. The Morgan fingerprint density at radius 2 is 2.20 bits per heavy atom. The molecule has 1 N–H and O–H groups in total. The molecule has 0 unspecified atom stereocenters. The molecule has 0 atom stereocenters. The van der Waals surface area contributed by atoms with E-state index >= 15 is 0 Å². The Morgan fingerprint density at radius 1 is 1.40 bits per heavy atom. The fourth-order valence-electron chi connectivity index (χ4n) is 2.96. The molecular weight excluding hydrogens is 248 g/mol. The third kappa shape index (κ3) is 2.28. The molecular formula is C16H24N4. The molecule has 2 aromatic rings. The summed E-state index contributed by atoms with van der Waals surface area (Å²) in [5.74, 6) is 1.41. The van der Waals surface area contributed by atoms with Crippen LogP contribution in [0.3, 0.4) is 0 Å². The van der Waals surface area contributed by atoms with E-state index in [0.717, 1.165) is 23.6 Å². The monoisotopic (exact) mass is 272 g/mol. The Morgan fingerprint density at radius 3 is 2.80 bits per heavy atom. The first-order valence-electron chi connectivity index (χ1n) is 7.72. The third-order valence-electron chi connectivity index (χ3n) is 4.80. The van der Waals surface area contributed by atoms with Crippen LogP contribution in [0.1, 0.15) is 58.1 Å². The van der Waals surface area contributed by atoms with E-state index in [1.807, 2.05) is 16.9 Å². The first-order valence-corrected chi connectivity index (χ1v) is 7.72. The van der Waals surface area contributed by atoms with Crippen LogP contribution in [-0.4, -0.2) is 21.1 Å². The van der Waals surface area contributed by atoms with Crippen molar-refractivity contribution >= 4 is 11.3 Å². The van der Waals surface area contributed by atoms with E-state index in [9.17, 15) is 0 Å². The lowest BCUT2D eigenvalue weighted by molar-refractivity contribution is 0.145. The number of hydrogen-bond acceptors (Lipinski definition) is 3. The number of nitrogens with zero attached hydrogens (tertiary/aromatic N) is 3. The first kappa shape index (κ1) is 13.4. The lowest BCUT2D eigenvalue weighted by Crippen LogP contribution is -2.36. The van der Waals surface area contributed by atoms with Crippen LogP contribution in [0.4, 0.5) is 5.82 Å². The molecule has 0 saturated heterocycles. The Bertz CT molecular complexity index is 590. The van der Waals surface area contributed by atoms with Crippen LogP contribution in [0.25, 0.3) is 5.52 Å². The molecule has 4 nitrogen and oxygen atoms in total. The highest BCUT2D eigenvalue weighted by Crippen LogP contribution is 2.43. The molecule has 0 aliphatic heterocycles. The number of hydrogen-bond donors (Lipinski definition) is 1. The smallest absolute Gasteiger partial charge is 0.152 e. The summed E-state index contributed by atoms with van der Waals surface area (Å²) in [5.41, 5.74) is 2.70. The summed E-state index contributed by atoms with van der Waals surface area (Å²) in [7, 11) is 0. The lowest BCUT2D eigenvalue weighted by atomic mass is 9.67. The van der Waals surface area contributed by atoms with Crippen LogP contribution in [0, 0.1) is 5.41 Å². The van der Waals surface area contributed by atoms with Crippen molar-refractivity contribution in [1.82, 2.24) is 14.6 Å². The number of rotatable bonds is 5. The Hall–Kier alpha value is -1.58. The average Bonchev–Trinajstić information content (AvgIpc) is 2.83.